The lowest BCUT2D eigenvalue weighted by atomic mass is 10.0. The van der Waals surface area contributed by atoms with Gasteiger partial charge in [0.2, 0.25) is 5.95 Å². The fraction of sp³-hybridized carbons (Fsp3) is 0.174. The number of anilines is 3. The molecular weight excluding hydrogens is 451 g/mol. The van der Waals surface area contributed by atoms with Crippen LogP contribution in [-0.2, 0) is 0 Å². The Hall–Kier alpha value is -4.28. The standard InChI is InChI=1S/C23H20F3N5O3/c1-12-6-19(32-2)20(33-3)9-16(12)17-11-29-22(27)31-21(17)30-14-7-13-8-15(34-23(24,25)26)4-5-18(13)28-10-14/h4-11H,1-3H3,(H3,27,29,30,31). The van der Waals surface area contributed by atoms with E-state index in [9.17, 15) is 13.2 Å². The number of aromatic nitrogens is 3. The average Bonchev–Trinajstić information content (AvgIpc) is 2.78. The first-order valence-electron chi connectivity index (χ1n) is 9.95. The number of nitrogen functional groups attached to an aromatic ring is 1. The molecule has 0 atom stereocenters. The summed E-state index contributed by atoms with van der Waals surface area (Å²) in [5, 5.41) is 3.58. The lowest BCUT2D eigenvalue weighted by Gasteiger charge is -2.16. The maximum atomic E-state index is 12.6. The van der Waals surface area contributed by atoms with Crippen LogP contribution < -0.4 is 25.3 Å². The first-order valence-corrected chi connectivity index (χ1v) is 9.95. The number of methoxy groups -OCH3 is 2. The van der Waals surface area contributed by atoms with Crippen molar-refractivity contribution in [1.82, 2.24) is 15.0 Å². The summed E-state index contributed by atoms with van der Waals surface area (Å²) in [6.07, 6.45) is -1.68. The number of aryl methyl sites for hydroxylation is 1. The molecule has 176 valence electrons. The average molecular weight is 471 g/mol. The summed E-state index contributed by atoms with van der Waals surface area (Å²) >= 11 is 0. The Labute approximate surface area is 192 Å². The molecule has 0 saturated carbocycles. The molecule has 0 unspecified atom stereocenters. The van der Waals surface area contributed by atoms with Gasteiger partial charge in [0, 0.05) is 17.1 Å². The van der Waals surface area contributed by atoms with Crippen molar-refractivity contribution < 1.29 is 27.4 Å². The number of ether oxygens (including phenoxy) is 3. The molecule has 0 saturated heterocycles. The van der Waals surface area contributed by atoms with Crippen molar-refractivity contribution in [1.29, 1.82) is 0 Å². The molecule has 11 heteroatoms. The highest BCUT2D eigenvalue weighted by Gasteiger charge is 2.31. The van der Waals surface area contributed by atoms with Crippen LogP contribution >= 0.6 is 0 Å². The van der Waals surface area contributed by atoms with Crippen molar-refractivity contribution in [2.45, 2.75) is 13.3 Å². The minimum atomic E-state index is -4.79. The molecule has 0 aliphatic carbocycles. The van der Waals surface area contributed by atoms with Crippen LogP contribution in [0.3, 0.4) is 0 Å². The van der Waals surface area contributed by atoms with Crippen LogP contribution in [0.15, 0.2) is 48.8 Å². The van der Waals surface area contributed by atoms with Crippen molar-refractivity contribution in [2.75, 3.05) is 25.3 Å². The number of pyridine rings is 1. The monoisotopic (exact) mass is 471 g/mol. The Morgan fingerprint density at radius 2 is 1.65 bits per heavy atom. The van der Waals surface area contributed by atoms with Gasteiger partial charge in [-0.3, -0.25) is 4.98 Å². The van der Waals surface area contributed by atoms with Gasteiger partial charge in [-0.2, -0.15) is 4.98 Å². The van der Waals surface area contributed by atoms with E-state index >= 15 is 0 Å². The molecule has 0 amide bonds. The topological polar surface area (TPSA) is 104 Å². The predicted molar refractivity (Wildman–Crippen MR) is 121 cm³/mol. The van der Waals surface area contributed by atoms with Crippen LogP contribution in [0.4, 0.5) is 30.6 Å². The minimum absolute atomic E-state index is 0.0407. The van der Waals surface area contributed by atoms with Gasteiger partial charge in [-0.15, -0.1) is 13.2 Å². The zero-order valence-electron chi connectivity index (χ0n) is 18.4. The zero-order valence-corrected chi connectivity index (χ0v) is 18.4. The molecule has 34 heavy (non-hydrogen) atoms. The van der Waals surface area contributed by atoms with Crippen LogP contribution in [0.2, 0.25) is 0 Å². The van der Waals surface area contributed by atoms with E-state index in [-0.39, 0.29) is 11.7 Å². The Balaban J connectivity index is 1.75. The van der Waals surface area contributed by atoms with Crippen LogP contribution in [0.1, 0.15) is 5.56 Å². The summed E-state index contributed by atoms with van der Waals surface area (Å²) in [4.78, 5) is 12.7. The third-order valence-corrected chi connectivity index (χ3v) is 4.98. The molecule has 2 aromatic heterocycles. The Bertz CT molecular complexity index is 1360. The van der Waals surface area contributed by atoms with Gasteiger partial charge >= 0.3 is 6.36 Å². The zero-order chi connectivity index (χ0) is 24.5. The van der Waals surface area contributed by atoms with E-state index in [1.807, 2.05) is 13.0 Å². The number of nitrogens with zero attached hydrogens (tertiary/aromatic N) is 3. The molecule has 0 bridgehead atoms. The van der Waals surface area contributed by atoms with Crippen LogP contribution in [0.5, 0.6) is 17.2 Å². The van der Waals surface area contributed by atoms with E-state index in [0.717, 1.165) is 11.1 Å². The number of nitrogens with one attached hydrogen (secondary N) is 1. The highest BCUT2D eigenvalue weighted by molar-refractivity contribution is 5.86. The van der Waals surface area contributed by atoms with Gasteiger partial charge in [-0.1, -0.05) is 0 Å². The first kappa shape index (κ1) is 22.9. The second-order valence-electron chi connectivity index (χ2n) is 7.26. The summed E-state index contributed by atoms with van der Waals surface area (Å²) in [6, 6.07) is 9.17. The molecule has 2 heterocycles. The van der Waals surface area contributed by atoms with Crippen molar-refractivity contribution in [3.63, 3.8) is 0 Å². The molecule has 0 radical (unpaired) electrons. The van der Waals surface area contributed by atoms with Gasteiger partial charge in [-0.05, 0) is 54.4 Å². The molecule has 4 rings (SSSR count). The molecule has 0 aliphatic heterocycles. The lowest BCUT2D eigenvalue weighted by Crippen LogP contribution is -2.17. The second kappa shape index (κ2) is 8.93. The number of nitrogens with two attached hydrogens (primary N) is 1. The van der Waals surface area contributed by atoms with Gasteiger partial charge in [-0.25, -0.2) is 4.98 Å². The van der Waals surface area contributed by atoms with Crippen molar-refractivity contribution >= 4 is 28.4 Å². The quantitative estimate of drug-likeness (QED) is 0.393. The van der Waals surface area contributed by atoms with E-state index in [1.54, 1.807) is 25.4 Å². The number of alkyl halides is 3. The van der Waals surface area contributed by atoms with E-state index in [4.69, 9.17) is 15.2 Å². The highest BCUT2D eigenvalue weighted by Crippen LogP contribution is 2.38. The fourth-order valence-electron chi connectivity index (χ4n) is 3.47. The Morgan fingerprint density at radius 3 is 2.35 bits per heavy atom. The van der Waals surface area contributed by atoms with E-state index < -0.39 is 6.36 Å². The molecular formula is C23H20F3N5O3. The summed E-state index contributed by atoms with van der Waals surface area (Å²) < 4.78 is 52.6. The van der Waals surface area contributed by atoms with E-state index in [0.29, 0.717) is 39.5 Å². The number of hydrogen-bond acceptors (Lipinski definition) is 8. The van der Waals surface area contributed by atoms with E-state index in [2.05, 4.69) is 25.0 Å². The summed E-state index contributed by atoms with van der Waals surface area (Å²) in [5.41, 5.74) is 9.08. The van der Waals surface area contributed by atoms with E-state index in [1.165, 1.54) is 31.5 Å². The first-order chi connectivity index (χ1) is 16.2. The second-order valence-corrected chi connectivity index (χ2v) is 7.26. The molecule has 8 nitrogen and oxygen atoms in total. The Morgan fingerprint density at radius 1 is 0.912 bits per heavy atom. The third kappa shape index (κ3) is 4.87. The van der Waals surface area contributed by atoms with Crippen molar-refractivity contribution in [2.24, 2.45) is 0 Å². The molecule has 0 aliphatic rings. The molecule has 0 spiro atoms. The molecule has 2 aromatic carbocycles. The summed E-state index contributed by atoms with van der Waals surface area (Å²) in [5.74, 6) is 1.18. The number of fused-ring (bicyclic) bond motifs is 1. The third-order valence-electron chi connectivity index (χ3n) is 4.98. The van der Waals surface area contributed by atoms with Crippen LogP contribution in [0, 0.1) is 6.92 Å². The van der Waals surface area contributed by atoms with Gasteiger partial charge < -0.3 is 25.3 Å². The number of halogens is 3. The maximum absolute atomic E-state index is 12.6. The summed E-state index contributed by atoms with van der Waals surface area (Å²) in [7, 11) is 3.08. The molecule has 3 N–H and O–H groups in total. The van der Waals surface area contributed by atoms with Gasteiger partial charge in [0.05, 0.1) is 31.6 Å². The van der Waals surface area contributed by atoms with Gasteiger partial charge in [0.15, 0.2) is 11.5 Å². The Kier molecular flexibility index (Phi) is 6.01. The minimum Gasteiger partial charge on any atom is -0.493 e. The lowest BCUT2D eigenvalue weighted by molar-refractivity contribution is -0.274. The van der Waals surface area contributed by atoms with Crippen molar-refractivity contribution in [3.8, 4) is 28.4 Å². The SMILES string of the molecule is COc1cc(C)c(-c2cnc(N)nc2Nc2cnc3ccc(OC(F)(F)F)cc3c2)cc1OC. The van der Waals surface area contributed by atoms with Crippen LogP contribution in [-0.4, -0.2) is 35.5 Å². The van der Waals surface area contributed by atoms with Crippen LogP contribution in [0.25, 0.3) is 22.0 Å². The summed E-state index contributed by atoms with van der Waals surface area (Å²) in [6.45, 7) is 1.90. The molecule has 4 aromatic rings. The number of benzene rings is 2. The largest absolute Gasteiger partial charge is 0.573 e. The predicted octanol–water partition coefficient (Wildman–Crippen LogP) is 5.24. The normalized spacial score (nSPS) is 11.4. The van der Waals surface area contributed by atoms with Crippen molar-refractivity contribution in [3.05, 3.63) is 54.4 Å². The maximum Gasteiger partial charge on any atom is 0.573 e. The molecule has 0 fully saturated rings. The highest BCUT2D eigenvalue weighted by atomic mass is 19.4. The van der Waals surface area contributed by atoms with Gasteiger partial charge in [0.25, 0.3) is 0 Å². The number of hydrogen-bond donors (Lipinski definition) is 2. The van der Waals surface area contributed by atoms with Gasteiger partial charge in [0.1, 0.15) is 11.6 Å². The fourth-order valence-corrected chi connectivity index (χ4v) is 3.47. The smallest absolute Gasteiger partial charge is 0.493 e. The number of rotatable bonds is 6.